The van der Waals surface area contributed by atoms with E-state index in [9.17, 15) is 4.79 Å². The second-order valence-electron chi connectivity index (χ2n) is 3.67. The summed E-state index contributed by atoms with van der Waals surface area (Å²) >= 11 is 13.2. The van der Waals surface area contributed by atoms with Gasteiger partial charge in [-0.05, 0) is 18.2 Å². The number of halogens is 2. The van der Waals surface area contributed by atoms with E-state index >= 15 is 0 Å². The van der Waals surface area contributed by atoms with Crippen LogP contribution in [0.1, 0.15) is 0 Å². The lowest BCUT2D eigenvalue weighted by Gasteiger charge is -2.26. The lowest BCUT2D eigenvalue weighted by atomic mass is 10.2. The van der Waals surface area contributed by atoms with Gasteiger partial charge >= 0.3 is 0 Å². The van der Waals surface area contributed by atoms with Crippen LogP contribution in [-0.2, 0) is 9.53 Å². The highest BCUT2D eigenvalue weighted by atomic mass is 35.5. The van der Waals surface area contributed by atoms with Crippen molar-refractivity contribution in [3.8, 4) is 0 Å². The molecule has 1 heterocycles. The minimum absolute atomic E-state index is 0.0145. The van der Waals surface area contributed by atoms with Gasteiger partial charge in [-0.15, -0.1) is 11.8 Å². The van der Waals surface area contributed by atoms with E-state index in [0.29, 0.717) is 29.0 Å². The van der Waals surface area contributed by atoms with Crippen LogP contribution >= 0.6 is 35.0 Å². The predicted octanol–water partition coefficient (Wildman–Crippen LogP) is 2.60. The van der Waals surface area contributed by atoms with E-state index in [2.05, 4.69) is 5.32 Å². The second-order valence-corrected chi connectivity index (χ2v) is 5.53. The topological polar surface area (TPSA) is 38.3 Å². The van der Waals surface area contributed by atoms with Gasteiger partial charge in [0.25, 0.3) is 0 Å². The summed E-state index contributed by atoms with van der Waals surface area (Å²) in [5, 5.41) is 4.09. The maximum absolute atomic E-state index is 11.6. The van der Waals surface area contributed by atoms with E-state index in [1.54, 1.807) is 18.2 Å². The molecule has 1 amide bonds. The first-order chi connectivity index (χ1) is 8.15. The molecule has 1 aliphatic rings. The van der Waals surface area contributed by atoms with E-state index in [4.69, 9.17) is 27.9 Å². The van der Waals surface area contributed by atoms with Gasteiger partial charge in [-0.2, -0.15) is 0 Å². The highest BCUT2D eigenvalue weighted by Gasteiger charge is 2.20. The molecule has 0 saturated carbocycles. The van der Waals surface area contributed by atoms with E-state index in [1.165, 1.54) is 11.8 Å². The normalized spacial score (nSPS) is 15.4. The third-order valence-corrected chi connectivity index (χ3v) is 3.99. The quantitative estimate of drug-likeness (QED) is 0.867. The van der Waals surface area contributed by atoms with E-state index < -0.39 is 0 Å². The molecule has 3 nitrogen and oxygen atoms in total. The summed E-state index contributed by atoms with van der Waals surface area (Å²) in [7, 11) is 0. The van der Waals surface area contributed by atoms with Crippen molar-refractivity contribution in [2.75, 3.05) is 19.0 Å². The lowest BCUT2D eigenvalue weighted by Crippen LogP contribution is -2.49. The standard InChI is InChI=1S/C11H11Cl2NO2S/c12-7-1-2-9(13)10(3-7)17-6-11(15)14-8-4-16-5-8/h1-3,8H,4-6H2,(H,14,15). The Morgan fingerprint density at radius 3 is 2.88 bits per heavy atom. The van der Waals surface area contributed by atoms with Gasteiger partial charge in [-0.25, -0.2) is 0 Å². The number of amides is 1. The van der Waals surface area contributed by atoms with Crippen LogP contribution in [0.15, 0.2) is 23.1 Å². The van der Waals surface area contributed by atoms with Gasteiger partial charge in [0.1, 0.15) is 0 Å². The molecule has 6 heteroatoms. The summed E-state index contributed by atoms with van der Waals surface area (Å²) in [6, 6.07) is 5.37. The fraction of sp³-hybridized carbons (Fsp3) is 0.364. The average molecular weight is 292 g/mol. The van der Waals surface area contributed by atoms with Crippen molar-refractivity contribution in [1.82, 2.24) is 5.32 Å². The molecular formula is C11H11Cl2NO2S. The minimum atomic E-state index is -0.0145. The zero-order valence-corrected chi connectivity index (χ0v) is 11.2. The predicted molar refractivity (Wildman–Crippen MR) is 69.9 cm³/mol. The van der Waals surface area contributed by atoms with Crippen LogP contribution in [-0.4, -0.2) is 30.9 Å². The molecule has 0 spiro atoms. The zero-order valence-electron chi connectivity index (χ0n) is 8.91. The van der Waals surface area contributed by atoms with Gasteiger partial charge in [0.05, 0.1) is 30.0 Å². The van der Waals surface area contributed by atoms with Crippen LogP contribution in [0.2, 0.25) is 10.0 Å². The van der Waals surface area contributed by atoms with Gasteiger partial charge in [-0.3, -0.25) is 4.79 Å². The molecule has 0 aliphatic carbocycles. The fourth-order valence-electron chi connectivity index (χ4n) is 1.32. The van der Waals surface area contributed by atoms with E-state index in [0.717, 1.165) is 4.90 Å². The van der Waals surface area contributed by atoms with Crippen LogP contribution in [0, 0.1) is 0 Å². The number of ether oxygens (including phenoxy) is 1. The molecule has 0 aromatic heterocycles. The number of benzene rings is 1. The smallest absolute Gasteiger partial charge is 0.230 e. The largest absolute Gasteiger partial charge is 0.377 e. The van der Waals surface area contributed by atoms with Crippen molar-refractivity contribution in [3.63, 3.8) is 0 Å². The lowest BCUT2D eigenvalue weighted by molar-refractivity contribution is -0.122. The highest BCUT2D eigenvalue weighted by Crippen LogP contribution is 2.29. The Morgan fingerprint density at radius 2 is 2.24 bits per heavy atom. The first-order valence-electron chi connectivity index (χ1n) is 5.10. The van der Waals surface area contributed by atoms with Gasteiger partial charge in [0.2, 0.25) is 5.91 Å². The maximum Gasteiger partial charge on any atom is 0.230 e. The average Bonchev–Trinajstić information content (AvgIpc) is 2.25. The molecule has 92 valence electrons. The molecule has 1 aromatic carbocycles. The second kappa shape index (κ2) is 5.96. The number of thioether (sulfide) groups is 1. The van der Waals surface area contributed by atoms with Crippen molar-refractivity contribution in [2.24, 2.45) is 0 Å². The summed E-state index contributed by atoms with van der Waals surface area (Å²) in [6.07, 6.45) is 0. The fourth-order valence-corrected chi connectivity index (χ4v) is 2.62. The van der Waals surface area contributed by atoms with Crippen LogP contribution in [0.4, 0.5) is 0 Å². The molecule has 1 saturated heterocycles. The number of nitrogens with one attached hydrogen (secondary N) is 1. The SMILES string of the molecule is O=C(CSc1cc(Cl)ccc1Cl)NC1COC1. The first-order valence-corrected chi connectivity index (χ1v) is 6.84. The minimum Gasteiger partial charge on any atom is -0.377 e. The molecule has 1 N–H and O–H groups in total. The van der Waals surface area contributed by atoms with Crippen molar-refractivity contribution in [1.29, 1.82) is 0 Å². The Morgan fingerprint density at radius 1 is 1.47 bits per heavy atom. The number of carbonyl (C=O) groups excluding carboxylic acids is 1. The number of hydrogen-bond donors (Lipinski definition) is 1. The zero-order chi connectivity index (χ0) is 12.3. The number of rotatable bonds is 4. The van der Waals surface area contributed by atoms with Gasteiger partial charge < -0.3 is 10.1 Å². The Balaban J connectivity index is 1.83. The molecule has 1 fully saturated rings. The van der Waals surface area contributed by atoms with Crippen LogP contribution in [0.3, 0.4) is 0 Å². The third-order valence-electron chi connectivity index (χ3n) is 2.26. The van der Waals surface area contributed by atoms with Gasteiger partial charge in [0.15, 0.2) is 0 Å². The third kappa shape index (κ3) is 3.78. The van der Waals surface area contributed by atoms with Crippen LogP contribution < -0.4 is 5.32 Å². The molecule has 1 aliphatic heterocycles. The highest BCUT2D eigenvalue weighted by molar-refractivity contribution is 8.00. The number of hydrogen-bond acceptors (Lipinski definition) is 3. The summed E-state index contributed by atoms with van der Waals surface area (Å²) in [6.45, 7) is 1.21. The molecular weight excluding hydrogens is 281 g/mol. The first kappa shape index (κ1) is 13.0. The Labute approximate surface area is 114 Å². The summed E-state index contributed by atoms with van der Waals surface area (Å²) in [5.74, 6) is 0.315. The Hall–Kier alpha value is -0.420. The molecule has 2 rings (SSSR count). The summed E-state index contributed by atoms with van der Waals surface area (Å²) in [5.41, 5.74) is 0. The van der Waals surface area contributed by atoms with Crippen molar-refractivity contribution < 1.29 is 9.53 Å². The van der Waals surface area contributed by atoms with Gasteiger partial charge in [-0.1, -0.05) is 23.2 Å². The molecule has 0 radical (unpaired) electrons. The molecule has 0 unspecified atom stereocenters. The van der Waals surface area contributed by atoms with Crippen molar-refractivity contribution in [3.05, 3.63) is 28.2 Å². The molecule has 0 atom stereocenters. The summed E-state index contributed by atoms with van der Waals surface area (Å²) in [4.78, 5) is 12.4. The van der Waals surface area contributed by atoms with Crippen molar-refractivity contribution in [2.45, 2.75) is 10.9 Å². The number of carbonyl (C=O) groups is 1. The van der Waals surface area contributed by atoms with Crippen LogP contribution in [0.25, 0.3) is 0 Å². The van der Waals surface area contributed by atoms with Crippen molar-refractivity contribution >= 4 is 40.9 Å². The molecule has 0 bridgehead atoms. The van der Waals surface area contributed by atoms with E-state index in [-0.39, 0.29) is 11.9 Å². The monoisotopic (exact) mass is 291 g/mol. The Kier molecular flexibility index (Phi) is 4.56. The maximum atomic E-state index is 11.6. The molecule has 17 heavy (non-hydrogen) atoms. The van der Waals surface area contributed by atoms with Gasteiger partial charge in [0, 0.05) is 9.92 Å². The molecule has 1 aromatic rings. The van der Waals surface area contributed by atoms with E-state index in [1.807, 2.05) is 0 Å². The van der Waals surface area contributed by atoms with Crippen LogP contribution in [0.5, 0.6) is 0 Å². The Bertz CT molecular complexity index is 424. The summed E-state index contributed by atoms with van der Waals surface area (Å²) < 4.78 is 4.97.